The van der Waals surface area contributed by atoms with Gasteiger partial charge in [0.05, 0.1) is 24.0 Å². The Balaban J connectivity index is 1.32. The lowest BCUT2D eigenvalue weighted by Gasteiger charge is -2.29. The Morgan fingerprint density at radius 2 is 2.08 bits per heavy atom. The second-order valence-electron chi connectivity index (χ2n) is 8.73. The van der Waals surface area contributed by atoms with E-state index in [4.69, 9.17) is 4.74 Å². The van der Waals surface area contributed by atoms with Crippen molar-refractivity contribution in [1.82, 2.24) is 10.2 Å². The summed E-state index contributed by atoms with van der Waals surface area (Å²) in [4.78, 5) is 26.7. The molecular formula is C20H32N2O3S. The summed E-state index contributed by atoms with van der Waals surface area (Å²) in [5.41, 5.74) is -0.122. The van der Waals surface area contributed by atoms with Crippen molar-refractivity contribution in [3.63, 3.8) is 0 Å². The SMILES string of the molecule is CSCC(=O)NC[C@H]1[C@H]2CN(C(=O)CCC3CCCC3)C[C@]23CC[C@H]1O3. The number of carbonyl (C=O) groups is 2. The Hall–Kier alpha value is -0.750. The first-order chi connectivity index (χ1) is 12.6. The Morgan fingerprint density at radius 3 is 2.85 bits per heavy atom. The molecule has 1 spiro atoms. The number of hydrogen-bond acceptors (Lipinski definition) is 4. The Labute approximate surface area is 161 Å². The van der Waals surface area contributed by atoms with Crippen LogP contribution in [0.1, 0.15) is 51.4 Å². The molecule has 2 bridgehead atoms. The van der Waals surface area contributed by atoms with Crippen molar-refractivity contribution < 1.29 is 14.3 Å². The molecule has 146 valence electrons. The molecule has 1 saturated carbocycles. The van der Waals surface area contributed by atoms with Crippen LogP contribution >= 0.6 is 11.8 Å². The molecule has 1 aliphatic carbocycles. The average Bonchev–Trinajstić information content (AvgIpc) is 3.38. The summed E-state index contributed by atoms with van der Waals surface area (Å²) >= 11 is 1.55. The zero-order valence-corrected chi connectivity index (χ0v) is 16.7. The lowest BCUT2D eigenvalue weighted by Crippen LogP contribution is -2.42. The number of thioether (sulfide) groups is 1. The highest BCUT2D eigenvalue weighted by Crippen LogP contribution is 2.54. The van der Waals surface area contributed by atoms with Crippen molar-refractivity contribution in [2.45, 2.75) is 63.1 Å². The van der Waals surface area contributed by atoms with E-state index >= 15 is 0 Å². The van der Waals surface area contributed by atoms with Crippen molar-refractivity contribution >= 4 is 23.6 Å². The van der Waals surface area contributed by atoms with E-state index in [2.05, 4.69) is 10.2 Å². The monoisotopic (exact) mass is 380 g/mol. The van der Waals surface area contributed by atoms with Crippen LogP contribution in [-0.4, -0.2) is 60.1 Å². The topological polar surface area (TPSA) is 58.6 Å². The van der Waals surface area contributed by atoms with Crippen LogP contribution in [0.5, 0.6) is 0 Å². The number of likely N-dealkylation sites (tertiary alicyclic amines) is 1. The predicted molar refractivity (Wildman–Crippen MR) is 103 cm³/mol. The fraction of sp³-hybridized carbons (Fsp3) is 0.900. The summed E-state index contributed by atoms with van der Waals surface area (Å²) < 4.78 is 6.40. The van der Waals surface area contributed by atoms with Gasteiger partial charge in [-0.3, -0.25) is 9.59 Å². The van der Waals surface area contributed by atoms with E-state index in [0.717, 1.165) is 38.3 Å². The quantitative estimate of drug-likeness (QED) is 0.737. The second-order valence-corrected chi connectivity index (χ2v) is 9.60. The second kappa shape index (κ2) is 7.70. The van der Waals surface area contributed by atoms with Gasteiger partial charge < -0.3 is 15.0 Å². The molecule has 3 saturated heterocycles. The lowest BCUT2D eigenvalue weighted by molar-refractivity contribution is -0.132. The highest BCUT2D eigenvalue weighted by molar-refractivity contribution is 7.99. The number of amides is 2. The third kappa shape index (κ3) is 3.51. The lowest BCUT2D eigenvalue weighted by atomic mass is 9.73. The normalized spacial score (nSPS) is 35.9. The van der Waals surface area contributed by atoms with Gasteiger partial charge in [-0.2, -0.15) is 11.8 Å². The maximum atomic E-state index is 12.8. The van der Waals surface area contributed by atoms with E-state index in [0.29, 0.717) is 36.5 Å². The van der Waals surface area contributed by atoms with Gasteiger partial charge in [0, 0.05) is 31.3 Å². The van der Waals surface area contributed by atoms with E-state index < -0.39 is 0 Å². The first kappa shape index (κ1) is 18.6. The van der Waals surface area contributed by atoms with Crippen molar-refractivity contribution in [1.29, 1.82) is 0 Å². The fourth-order valence-corrected chi connectivity index (χ4v) is 6.22. The van der Waals surface area contributed by atoms with E-state index in [1.54, 1.807) is 11.8 Å². The van der Waals surface area contributed by atoms with E-state index in [-0.39, 0.29) is 17.6 Å². The molecule has 0 unspecified atom stereocenters. The van der Waals surface area contributed by atoms with E-state index in [9.17, 15) is 9.59 Å². The standard InChI is InChI=1S/C20H32N2O3S/c1-26-12-18(23)21-10-15-16-11-22(13-20(16)9-8-17(15)25-20)19(24)7-6-14-4-2-3-5-14/h14-17H,2-13H2,1H3,(H,21,23)/t15-,16+,17+,20+/m0/s1. The Morgan fingerprint density at radius 1 is 1.27 bits per heavy atom. The zero-order chi connectivity index (χ0) is 18.1. The molecule has 0 radical (unpaired) electrons. The van der Waals surface area contributed by atoms with Crippen LogP contribution in [0.25, 0.3) is 0 Å². The summed E-state index contributed by atoms with van der Waals surface area (Å²) in [7, 11) is 0. The third-order valence-electron chi connectivity index (χ3n) is 7.19. The molecule has 1 N–H and O–H groups in total. The van der Waals surface area contributed by atoms with Crippen LogP contribution in [0, 0.1) is 17.8 Å². The third-order valence-corrected chi connectivity index (χ3v) is 7.74. The minimum atomic E-state index is -0.122. The highest BCUT2D eigenvalue weighted by atomic mass is 32.2. The van der Waals surface area contributed by atoms with Gasteiger partial charge in [-0.1, -0.05) is 25.7 Å². The molecular weight excluding hydrogens is 348 g/mol. The molecule has 0 aromatic heterocycles. The summed E-state index contributed by atoms with van der Waals surface area (Å²) in [6.45, 7) is 2.29. The average molecular weight is 381 g/mol. The van der Waals surface area contributed by atoms with Gasteiger partial charge in [-0.05, 0) is 31.4 Å². The molecule has 0 aromatic rings. The Bertz CT molecular complexity index is 551. The number of fused-ring (bicyclic) bond motifs is 1. The molecule has 0 aromatic carbocycles. The van der Waals surface area contributed by atoms with Crippen LogP contribution in [-0.2, 0) is 14.3 Å². The van der Waals surface area contributed by atoms with Gasteiger partial charge >= 0.3 is 0 Å². The number of ether oxygens (including phenoxy) is 1. The fourth-order valence-electron chi connectivity index (χ4n) is 5.85. The molecule has 2 amide bonds. The molecule has 4 atom stereocenters. The van der Waals surface area contributed by atoms with Crippen molar-refractivity contribution in [3.8, 4) is 0 Å². The number of hydrogen-bond donors (Lipinski definition) is 1. The summed E-state index contributed by atoms with van der Waals surface area (Å²) in [5, 5.41) is 3.08. The van der Waals surface area contributed by atoms with Crippen LogP contribution in [0.3, 0.4) is 0 Å². The first-order valence-corrected chi connectivity index (χ1v) is 11.7. The minimum absolute atomic E-state index is 0.108. The van der Waals surface area contributed by atoms with Gasteiger partial charge in [0.2, 0.25) is 11.8 Å². The number of nitrogens with one attached hydrogen (secondary N) is 1. The van der Waals surface area contributed by atoms with Crippen LogP contribution in [0.15, 0.2) is 0 Å². The van der Waals surface area contributed by atoms with Crippen LogP contribution < -0.4 is 5.32 Å². The van der Waals surface area contributed by atoms with Gasteiger partial charge in [0.1, 0.15) is 0 Å². The van der Waals surface area contributed by atoms with Crippen molar-refractivity contribution in [3.05, 3.63) is 0 Å². The molecule has 4 aliphatic rings. The summed E-state index contributed by atoms with van der Waals surface area (Å²) in [6, 6.07) is 0. The number of carbonyl (C=O) groups excluding carboxylic acids is 2. The number of nitrogens with zero attached hydrogens (tertiary/aromatic N) is 1. The molecule has 3 aliphatic heterocycles. The van der Waals surface area contributed by atoms with E-state index in [1.165, 1.54) is 25.7 Å². The van der Waals surface area contributed by atoms with Gasteiger partial charge in [-0.25, -0.2) is 0 Å². The smallest absolute Gasteiger partial charge is 0.229 e. The summed E-state index contributed by atoms with van der Waals surface area (Å²) in [6.07, 6.45) is 11.4. The van der Waals surface area contributed by atoms with Gasteiger partial charge in [-0.15, -0.1) is 0 Å². The largest absolute Gasteiger partial charge is 0.369 e. The predicted octanol–water partition coefficient (Wildman–Crippen LogP) is 2.44. The Kier molecular flexibility index (Phi) is 5.51. The maximum absolute atomic E-state index is 12.8. The molecule has 26 heavy (non-hydrogen) atoms. The maximum Gasteiger partial charge on any atom is 0.229 e. The van der Waals surface area contributed by atoms with Crippen LogP contribution in [0.2, 0.25) is 0 Å². The van der Waals surface area contributed by atoms with Gasteiger partial charge in [0.25, 0.3) is 0 Å². The molecule has 4 fully saturated rings. The van der Waals surface area contributed by atoms with Gasteiger partial charge in [0.15, 0.2) is 0 Å². The zero-order valence-electron chi connectivity index (χ0n) is 15.9. The summed E-state index contributed by atoms with van der Waals surface area (Å²) in [5.74, 6) is 2.47. The highest BCUT2D eigenvalue weighted by Gasteiger charge is 2.63. The minimum Gasteiger partial charge on any atom is -0.369 e. The molecule has 6 heteroatoms. The first-order valence-electron chi connectivity index (χ1n) is 10.3. The van der Waals surface area contributed by atoms with Crippen molar-refractivity contribution in [2.75, 3.05) is 31.6 Å². The van der Waals surface area contributed by atoms with Crippen LogP contribution in [0.4, 0.5) is 0 Å². The molecule has 4 rings (SSSR count). The molecule has 3 heterocycles. The molecule has 5 nitrogen and oxygen atoms in total. The van der Waals surface area contributed by atoms with Crippen molar-refractivity contribution in [2.24, 2.45) is 17.8 Å². The van der Waals surface area contributed by atoms with E-state index in [1.807, 2.05) is 6.26 Å². The number of rotatable bonds is 7.